The Balaban J connectivity index is 1.38. The molecule has 0 spiro atoms. The zero-order chi connectivity index (χ0) is 20.7. The van der Waals surface area contributed by atoms with Crippen molar-refractivity contribution in [3.63, 3.8) is 0 Å². The van der Waals surface area contributed by atoms with Crippen LogP contribution in [-0.4, -0.2) is 67.4 Å². The van der Waals surface area contributed by atoms with E-state index in [4.69, 9.17) is 0 Å². The molecule has 2 saturated heterocycles. The van der Waals surface area contributed by atoms with Gasteiger partial charge in [-0.05, 0) is 25.2 Å². The van der Waals surface area contributed by atoms with Crippen molar-refractivity contribution in [1.29, 1.82) is 5.26 Å². The van der Waals surface area contributed by atoms with E-state index in [-0.39, 0.29) is 11.4 Å². The Hall–Kier alpha value is -2.41. The number of rotatable bonds is 5. The molecule has 1 N–H and O–H groups in total. The third-order valence-electron chi connectivity index (χ3n) is 6.50. The summed E-state index contributed by atoms with van der Waals surface area (Å²) in [6.07, 6.45) is 11.4. The van der Waals surface area contributed by atoms with Crippen LogP contribution in [-0.2, 0) is 5.54 Å². The number of aromatic nitrogens is 4. The Labute approximate surface area is 179 Å². The van der Waals surface area contributed by atoms with Crippen LogP contribution < -0.4 is 0 Å². The van der Waals surface area contributed by atoms with Crippen molar-refractivity contribution in [2.24, 2.45) is 0 Å². The van der Waals surface area contributed by atoms with Crippen molar-refractivity contribution < 1.29 is 4.39 Å². The molecule has 156 valence electrons. The van der Waals surface area contributed by atoms with Gasteiger partial charge in [0.15, 0.2) is 0 Å². The number of piperidine rings is 1. The number of nitrogens with zero attached hydrogens (tertiary/aromatic N) is 6. The zero-order valence-corrected chi connectivity index (χ0v) is 17.7. The Bertz CT molecular complexity index is 1090. The lowest BCUT2D eigenvalue weighted by Gasteiger charge is -2.53. The summed E-state index contributed by atoms with van der Waals surface area (Å²) < 4.78 is 18.9. The smallest absolute Gasteiger partial charge is 0.150 e. The third-order valence-corrected chi connectivity index (χ3v) is 7.38. The first kappa shape index (κ1) is 19.5. The van der Waals surface area contributed by atoms with Gasteiger partial charge in [0.05, 0.1) is 24.9 Å². The highest BCUT2D eigenvalue weighted by Gasteiger charge is 2.48. The summed E-state index contributed by atoms with van der Waals surface area (Å²) in [5.41, 5.74) is 1.52. The van der Waals surface area contributed by atoms with Crippen LogP contribution in [0.15, 0.2) is 30.9 Å². The molecule has 0 saturated carbocycles. The second-order valence-corrected chi connectivity index (χ2v) is 9.08. The van der Waals surface area contributed by atoms with Gasteiger partial charge >= 0.3 is 0 Å². The van der Waals surface area contributed by atoms with Gasteiger partial charge < -0.3 is 4.98 Å². The number of hydrogen-bond acceptors (Lipinski definition) is 6. The molecule has 30 heavy (non-hydrogen) atoms. The van der Waals surface area contributed by atoms with Crippen LogP contribution in [0.5, 0.6) is 0 Å². The first-order valence-electron chi connectivity index (χ1n) is 10.2. The van der Waals surface area contributed by atoms with Gasteiger partial charge in [-0.25, -0.2) is 9.37 Å². The molecule has 2 aliphatic heterocycles. The van der Waals surface area contributed by atoms with Crippen LogP contribution in [0.2, 0.25) is 0 Å². The number of aromatic amines is 1. The maximum Gasteiger partial charge on any atom is 0.150 e. The number of pyridine rings is 1. The predicted molar refractivity (Wildman–Crippen MR) is 115 cm³/mol. The SMILES string of the molecule is CSN1CCC(N2CC(CC#N)(n3cc(-c4c(F)cnc5[nH]ccc45)cn3)C2)CC1. The zero-order valence-electron chi connectivity index (χ0n) is 16.9. The number of hydrogen-bond donors (Lipinski definition) is 1. The maximum atomic E-state index is 14.6. The lowest BCUT2D eigenvalue weighted by atomic mass is 9.84. The summed E-state index contributed by atoms with van der Waals surface area (Å²) >= 11 is 1.81. The van der Waals surface area contributed by atoms with Gasteiger partial charge in [0.2, 0.25) is 0 Å². The normalized spacial score (nSPS) is 20.3. The summed E-state index contributed by atoms with van der Waals surface area (Å²) in [7, 11) is 0. The first-order chi connectivity index (χ1) is 14.6. The average molecular weight is 426 g/mol. The van der Waals surface area contributed by atoms with Crippen molar-refractivity contribution >= 4 is 23.0 Å². The molecule has 9 heteroatoms. The molecule has 5 rings (SSSR count). The summed E-state index contributed by atoms with van der Waals surface area (Å²) in [6, 6.07) is 4.74. The fraction of sp³-hybridized carbons (Fsp3) is 0.476. The highest BCUT2D eigenvalue weighted by atomic mass is 32.2. The van der Waals surface area contributed by atoms with Crippen LogP contribution in [0.25, 0.3) is 22.2 Å². The van der Waals surface area contributed by atoms with Crippen molar-refractivity contribution in [2.45, 2.75) is 30.8 Å². The maximum absolute atomic E-state index is 14.6. The average Bonchev–Trinajstić information content (AvgIpc) is 3.40. The summed E-state index contributed by atoms with van der Waals surface area (Å²) in [5.74, 6) is -0.369. The van der Waals surface area contributed by atoms with Crippen LogP contribution in [0, 0.1) is 17.1 Å². The summed E-state index contributed by atoms with van der Waals surface area (Å²) in [5, 5.41) is 14.8. The fourth-order valence-corrected chi connectivity index (χ4v) is 5.41. The molecule has 3 aromatic rings. The Kier molecular flexibility index (Phi) is 5.01. The van der Waals surface area contributed by atoms with Crippen molar-refractivity contribution in [3.05, 3.63) is 36.7 Å². The molecule has 0 bridgehead atoms. The van der Waals surface area contributed by atoms with Crippen LogP contribution in [0.4, 0.5) is 4.39 Å². The predicted octanol–water partition coefficient (Wildman–Crippen LogP) is 3.23. The van der Waals surface area contributed by atoms with Crippen molar-refractivity contribution in [2.75, 3.05) is 32.4 Å². The second-order valence-electron chi connectivity index (χ2n) is 8.20. The van der Waals surface area contributed by atoms with E-state index in [1.807, 2.05) is 28.9 Å². The Morgan fingerprint density at radius 1 is 1.33 bits per heavy atom. The van der Waals surface area contributed by atoms with Gasteiger partial charge in [-0.1, -0.05) is 11.9 Å². The summed E-state index contributed by atoms with van der Waals surface area (Å²) in [4.78, 5) is 9.61. The lowest BCUT2D eigenvalue weighted by molar-refractivity contribution is -0.0377. The number of nitriles is 1. The van der Waals surface area contributed by atoms with Crippen LogP contribution in [0.3, 0.4) is 0 Å². The monoisotopic (exact) mass is 425 g/mol. The summed E-state index contributed by atoms with van der Waals surface area (Å²) in [6.45, 7) is 3.83. The van der Waals surface area contributed by atoms with Gasteiger partial charge in [-0.2, -0.15) is 10.4 Å². The van der Waals surface area contributed by atoms with E-state index in [0.717, 1.165) is 44.4 Å². The molecule has 5 heterocycles. The standard InChI is InChI=1S/C21H24FN7S/c1-30-28-8-3-16(4-9-28)27-13-21(14-27,5-6-23)29-12-15(10-26-29)19-17-2-7-24-20(17)25-11-18(19)22/h2,7,10-12,16H,3-5,8-9,13-14H2,1H3,(H,24,25). The van der Waals surface area contributed by atoms with E-state index in [1.54, 1.807) is 12.4 Å². The number of halogens is 1. The van der Waals surface area contributed by atoms with Gasteiger partial charge in [0, 0.05) is 61.1 Å². The molecule has 0 amide bonds. The molecule has 0 unspecified atom stereocenters. The lowest BCUT2D eigenvalue weighted by Crippen LogP contribution is -2.66. The quantitative estimate of drug-likeness (QED) is 0.633. The van der Waals surface area contributed by atoms with Crippen molar-refractivity contribution in [1.82, 2.24) is 29.0 Å². The molecular weight excluding hydrogens is 401 g/mol. The first-order valence-corrected chi connectivity index (χ1v) is 11.4. The second kappa shape index (κ2) is 7.69. The molecular formula is C21H24FN7S. The fourth-order valence-electron chi connectivity index (χ4n) is 4.83. The number of fused-ring (bicyclic) bond motifs is 1. The minimum atomic E-state index is -0.369. The molecule has 2 fully saturated rings. The van der Waals surface area contributed by atoms with E-state index in [9.17, 15) is 9.65 Å². The minimum absolute atomic E-state index is 0.343. The Morgan fingerprint density at radius 2 is 2.13 bits per heavy atom. The number of likely N-dealkylation sites (tertiary alicyclic amines) is 1. The number of H-pyrrole nitrogens is 1. The molecule has 7 nitrogen and oxygen atoms in total. The minimum Gasteiger partial charge on any atom is -0.346 e. The van der Waals surface area contributed by atoms with E-state index in [0.29, 0.717) is 29.2 Å². The number of nitrogens with one attached hydrogen (secondary N) is 1. The van der Waals surface area contributed by atoms with Gasteiger partial charge in [-0.15, -0.1) is 0 Å². The molecule has 0 aromatic carbocycles. The van der Waals surface area contributed by atoms with Gasteiger partial charge in [0.1, 0.15) is 17.0 Å². The van der Waals surface area contributed by atoms with E-state index in [1.165, 1.54) is 6.20 Å². The van der Waals surface area contributed by atoms with Crippen LogP contribution >= 0.6 is 11.9 Å². The molecule has 0 radical (unpaired) electrons. The van der Waals surface area contributed by atoms with E-state index in [2.05, 4.69) is 36.6 Å². The van der Waals surface area contributed by atoms with E-state index >= 15 is 0 Å². The largest absolute Gasteiger partial charge is 0.346 e. The van der Waals surface area contributed by atoms with Crippen LogP contribution in [0.1, 0.15) is 19.3 Å². The highest BCUT2D eigenvalue weighted by molar-refractivity contribution is 7.96. The van der Waals surface area contributed by atoms with Gasteiger partial charge in [0.25, 0.3) is 0 Å². The molecule has 3 aromatic heterocycles. The van der Waals surface area contributed by atoms with Crippen molar-refractivity contribution in [3.8, 4) is 17.2 Å². The molecule has 2 aliphatic rings. The molecule has 0 atom stereocenters. The Morgan fingerprint density at radius 3 is 2.87 bits per heavy atom. The highest BCUT2D eigenvalue weighted by Crippen LogP contribution is 2.38. The third kappa shape index (κ3) is 3.20. The van der Waals surface area contributed by atoms with E-state index < -0.39 is 0 Å². The molecule has 0 aliphatic carbocycles. The van der Waals surface area contributed by atoms with Gasteiger partial charge in [-0.3, -0.25) is 13.9 Å². The topological polar surface area (TPSA) is 76.8 Å².